The second kappa shape index (κ2) is 11.0. The molecule has 0 amide bonds. The number of halogens is 1. The Morgan fingerprint density at radius 2 is 1.95 bits per heavy atom. The van der Waals surface area contributed by atoms with Gasteiger partial charge >= 0.3 is 11.9 Å². The molecule has 0 bridgehead atoms. The average molecular weight is 414 g/mol. The van der Waals surface area contributed by atoms with Crippen molar-refractivity contribution in [2.75, 3.05) is 7.11 Å². The maximum Gasteiger partial charge on any atom is 0.338 e. The van der Waals surface area contributed by atoms with Crippen molar-refractivity contribution >= 4 is 34.5 Å². The molecule has 5 heteroatoms. The fourth-order valence-electron chi connectivity index (χ4n) is 1.68. The highest BCUT2D eigenvalue weighted by Crippen LogP contribution is 2.10. The Labute approximate surface area is 144 Å². The fraction of sp³-hybridized carbons (Fsp3) is 0.294. The van der Waals surface area contributed by atoms with Gasteiger partial charge in [0.1, 0.15) is 6.10 Å². The van der Waals surface area contributed by atoms with Crippen molar-refractivity contribution in [1.29, 1.82) is 0 Å². The third kappa shape index (κ3) is 7.40. The van der Waals surface area contributed by atoms with Crippen molar-refractivity contribution in [1.82, 2.24) is 0 Å². The molecule has 0 aliphatic rings. The molecule has 0 aromatic heterocycles. The lowest BCUT2D eigenvalue weighted by molar-refractivity contribution is -0.140. The van der Waals surface area contributed by atoms with Gasteiger partial charge in [0.2, 0.25) is 0 Å². The summed E-state index contributed by atoms with van der Waals surface area (Å²) in [5.74, 6) is -0.577. The molecule has 0 N–H and O–H groups in total. The van der Waals surface area contributed by atoms with Gasteiger partial charge in [0.05, 0.1) is 12.7 Å². The third-order valence-corrected chi connectivity index (χ3v) is 3.25. The lowest BCUT2D eigenvalue weighted by Crippen LogP contribution is -2.15. The normalized spacial score (nSPS) is 12.5. The van der Waals surface area contributed by atoms with Crippen molar-refractivity contribution in [3.63, 3.8) is 0 Å². The number of esters is 2. The molecule has 1 aromatic carbocycles. The molecule has 22 heavy (non-hydrogen) atoms. The quantitative estimate of drug-likeness (QED) is 0.366. The first-order valence-electron chi connectivity index (χ1n) is 6.92. The Balaban J connectivity index is 2.47. The maximum absolute atomic E-state index is 12.0. The second-order valence-electron chi connectivity index (χ2n) is 4.45. The molecule has 4 nitrogen and oxygen atoms in total. The summed E-state index contributed by atoms with van der Waals surface area (Å²) in [6, 6.07) is 8.89. The third-order valence-electron chi connectivity index (χ3n) is 2.83. The monoisotopic (exact) mass is 414 g/mol. The Hall–Kier alpha value is -1.63. The van der Waals surface area contributed by atoms with Crippen LogP contribution in [0.4, 0.5) is 0 Å². The molecule has 118 valence electrons. The highest BCUT2D eigenvalue weighted by Gasteiger charge is 2.12. The van der Waals surface area contributed by atoms with Crippen molar-refractivity contribution in [2.45, 2.75) is 25.4 Å². The molecule has 0 fully saturated rings. The number of carbonyl (C=O) groups excluding carboxylic acids is 2. The Morgan fingerprint density at radius 1 is 1.23 bits per heavy atom. The molecule has 0 spiro atoms. The first kappa shape index (κ1) is 18.4. The molecular formula is C17H19IO4. The van der Waals surface area contributed by atoms with Crippen LogP contribution in [-0.2, 0) is 14.3 Å². The van der Waals surface area contributed by atoms with Crippen LogP contribution in [0.25, 0.3) is 0 Å². The number of hydrogen-bond donors (Lipinski definition) is 0. The second-order valence-corrected chi connectivity index (χ2v) is 5.17. The predicted molar refractivity (Wildman–Crippen MR) is 93.8 cm³/mol. The summed E-state index contributed by atoms with van der Waals surface area (Å²) in [5, 5.41) is 0. The van der Waals surface area contributed by atoms with Crippen LogP contribution in [0.2, 0.25) is 0 Å². The molecule has 1 rings (SSSR count). The Kier molecular flexibility index (Phi) is 9.21. The van der Waals surface area contributed by atoms with Crippen LogP contribution in [0, 0.1) is 0 Å². The number of rotatable bonds is 8. The van der Waals surface area contributed by atoms with Gasteiger partial charge in [-0.15, -0.1) is 0 Å². The highest BCUT2D eigenvalue weighted by molar-refractivity contribution is 14.1. The van der Waals surface area contributed by atoms with Gasteiger partial charge in [-0.1, -0.05) is 52.9 Å². The molecule has 0 aliphatic carbocycles. The van der Waals surface area contributed by atoms with E-state index in [0.29, 0.717) is 24.8 Å². The zero-order chi connectivity index (χ0) is 16.2. The van der Waals surface area contributed by atoms with Gasteiger partial charge in [-0.3, -0.25) is 4.79 Å². The van der Waals surface area contributed by atoms with Crippen LogP contribution in [0.3, 0.4) is 0 Å². The SMILES string of the molecule is COC(=O)CC/C=C\C[C@@H](/C=C/I)OC(=O)c1ccccc1. The molecule has 0 radical (unpaired) electrons. The zero-order valence-electron chi connectivity index (χ0n) is 12.4. The molecule has 1 aromatic rings. The summed E-state index contributed by atoms with van der Waals surface area (Å²) < 4.78 is 11.8. The molecule has 0 aliphatic heterocycles. The fourth-order valence-corrected chi connectivity index (χ4v) is 2.14. The largest absolute Gasteiger partial charge is 0.469 e. The van der Waals surface area contributed by atoms with Crippen molar-refractivity contribution in [3.05, 3.63) is 58.2 Å². The van der Waals surface area contributed by atoms with E-state index in [4.69, 9.17) is 4.74 Å². The predicted octanol–water partition coefficient (Wildman–Crippen LogP) is 4.06. The first-order chi connectivity index (χ1) is 10.7. The van der Waals surface area contributed by atoms with E-state index in [-0.39, 0.29) is 18.0 Å². The number of ether oxygens (including phenoxy) is 2. The summed E-state index contributed by atoms with van der Waals surface area (Å²) in [7, 11) is 1.37. The van der Waals surface area contributed by atoms with E-state index < -0.39 is 0 Å². The average Bonchev–Trinajstić information content (AvgIpc) is 2.55. The minimum Gasteiger partial charge on any atom is -0.469 e. The molecular weight excluding hydrogens is 395 g/mol. The van der Waals surface area contributed by atoms with Crippen LogP contribution >= 0.6 is 22.6 Å². The van der Waals surface area contributed by atoms with E-state index in [9.17, 15) is 9.59 Å². The Morgan fingerprint density at radius 3 is 2.59 bits per heavy atom. The van der Waals surface area contributed by atoms with Crippen LogP contribution in [0.5, 0.6) is 0 Å². The minimum absolute atomic E-state index is 0.233. The van der Waals surface area contributed by atoms with E-state index in [2.05, 4.69) is 27.3 Å². The van der Waals surface area contributed by atoms with Gasteiger partial charge in [-0.25, -0.2) is 4.79 Å². The summed E-state index contributed by atoms with van der Waals surface area (Å²) >= 11 is 2.09. The highest BCUT2D eigenvalue weighted by atomic mass is 127. The van der Waals surface area contributed by atoms with Crippen LogP contribution in [-0.4, -0.2) is 25.2 Å². The van der Waals surface area contributed by atoms with E-state index in [1.165, 1.54) is 7.11 Å². The van der Waals surface area contributed by atoms with Crippen molar-refractivity contribution < 1.29 is 19.1 Å². The number of benzene rings is 1. The summed E-state index contributed by atoms with van der Waals surface area (Å²) in [6.45, 7) is 0. The van der Waals surface area contributed by atoms with Gasteiger partial charge in [0, 0.05) is 12.8 Å². The first-order valence-corrected chi connectivity index (χ1v) is 8.16. The van der Waals surface area contributed by atoms with E-state index in [0.717, 1.165) is 0 Å². The lowest BCUT2D eigenvalue weighted by Gasteiger charge is -2.12. The molecule has 0 saturated heterocycles. The molecule has 0 heterocycles. The van der Waals surface area contributed by atoms with Gasteiger partial charge in [-0.05, 0) is 28.7 Å². The zero-order valence-corrected chi connectivity index (χ0v) is 14.6. The van der Waals surface area contributed by atoms with Gasteiger partial charge in [0.15, 0.2) is 0 Å². The molecule has 0 saturated carbocycles. The van der Waals surface area contributed by atoms with Crippen LogP contribution in [0.15, 0.2) is 52.6 Å². The number of methoxy groups -OCH3 is 1. The number of carbonyl (C=O) groups is 2. The van der Waals surface area contributed by atoms with E-state index in [1.54, 1.807) is 24.3 Å². The summed E-state index contributed by atoms with van der Waals surface area (Å²) in [6.07, 6.45) is 6.83. The van der Waals surface area contributed by atoms with Gasteiger partial charge in [-0.2, -0.15) is 0 Å². The van der Waals surface area contributed by atoms with Crippen molar-refractivity contribution in [2.24, 2.45) is 0 Å². The summed E-state index contributed by atoms with van der Waals surface area (Å²) in [4.78, 5) is 23.0. The summed E-state index contributed by atoms with van der Waals surface area (Å²) in [5.41, 5.74) is 0.532. The standard InChI is InChI=1S/C17H19IO4/c1-21-16(19)11-7-3-6-10-15(12-13-18)22-17(20)14-8-4-2-5-9-14/h2-6,8-9,12-13,15H,7,10-11H2,1H3/b6-3-,13-12+/t15-/m0/s1. The maximum atomic E-state index is 12.0. The topological polar surface area (TPSA) is 52.6 Å². The smallest absolute Gasteiger partial charge is 0.338 e. The van der Waals surface area contributed by atoms with Gasteiger partial charge in [0.25, 0.3) is 0 Å². The lowest BCUT2D eigenvalue weighted by atomic mass is 10.2. The van der Waals surface area contributed by atoms with Crippen molar-refractivity contribution in [3.8, 4) is 0 Å². The molecule has 0 unspecified atom stereocenters. The number of allylic oxidation sites excluding steroid dienone is 1. The van der Waals surface area contributed by atoms with Crippen LogP contribution in [0.1, 0.15) is 29.6 Å². The number of hydrogen-bond acceptors (Lipinski definition) is 4. The minimum atomic E-state index is -0.344. The molecule has 1 atom stereocenters. The Bertz CT molecular complexity index is 523. The van der Waals surface area contributed by atoms with E-state index in [1.807, 2.05) is 28.4 Å². The van der Waals surface area contributed by atoms with Gasteiger partial charge < -0.3 is 9.47 Å². The van der Waals surface area contributed by atoms with E-state index >= 15 is 0 Å². The van der Waals surface area contributed by atoms with Crippen LogP contribution < -0.4 is 0 Å².